The number of amides is 2. The third-order valence-corrected chi connectivity index (χ3v) is 6.70. The van der Waals surface area contributed by atoms with Gasteiger partial charge in [-0.2, -0.15) is 4.31 Å². The van der Waals surface area contributed by atoms with Crippen molar-refractivity contribution in [1.82, 2.24) is 14.5 Å². The van der Waals surface area contributed by atoms with Crippen LogP contribution in [-0.4, -0.2) is 68.2 Å². The first-order chi connectivity index (χ1) is 12.8. The molecule has 0 spiro atoms. The van der Waals surface area contributed by atoms with Crippen LogP contribution in [0.4, 0.5) is 0 Å². The van der Waals surface area contributed by atoms with Crippen molar-refractivity contribution in [3.05, 3.63) is 29.8 Å². The third-order valence-electron chi connectivity index (χ3n) is 4.65. The Labute approximate surface area is 160 Å². The molecule has 1 aliphatic rings. The van der Waals surface area contributed by atoms with Crippen LogP contribution in [0, 0.1) is 0 Å². The summed E-state index contributed by atoms with van der Waals surface area (Å²) in [7, 11) is -3.65. The maximum Gasteiger partial charge on any atom is 0.251 e. The zero-order valence-electron chi connectivity index (χ0n) is 15.8. The van der Waals surface area contributed by atoms with E-state index in [1.54, 1.807) is 18.7 Å². The van der Waals surface area contributed by atoms with Crippen LogP contribution in [0.3, 0.4) is 0 Å². The highest BCUT2D eigenvalue weighted by Gasteiger charge is 2.24. The Balaban J connectivity index is 2.04. The molecule has 0 aliphatic carbocycles. The monoisotopic (exact) mass is 396 g/mol. The molecule has 1 atom stereocenters. The predicted molar refractivity (Wildman–Crippen MR) is 103 cm³/mol. The summed E-state index contributed by atoms with van der Waals surface area (Å²) >= 11 is 0. The largest absolute Gasteiger partial charge is 0.343 e. The number of likely N-dealkylation sites (tertiary alicyclic amines) is 1. The van der Waals surface area contributed by atoms with Crippen molar-refractivity contribution in [2.45, 2.75) is 37.6 Å². The molecular weight excluding hydrogens is 368 g/mol. The lowest BCUT2D eigenvalue weighted by Gasteiger charge is -2.30. The number of hydrogen-bond acceptors (Lipinski definition) is 5. The number of carbonyl (C=O) groups is 2. The maximum atomic E-state index is 12.6. The van der Waals surface area contributed by atoms with Gasteiger partial charge in [0.15, 0.2) is 0 Å². The SMILES string of the molecule is CCN(CC)S(=O)(=O)c1cccc(C(=O)NCC(=O)N2CCCC(N)C2)c1. The summed E-state index contributed by atoms with van der Waals surface area (Å²) in [6, 6.07) is 5.82. The Hall–Kier alpha value is -1.97. The molecule has 1 aromatic carbocycles. The highest BCUT2D eigenvalue weighted by atomic mass is 32.2. The standard InChI is InChI=1S/C18H28N4O4S/c1-3-22(4-2)27(25,26)16-9-5-7-14(11-16)18(24)20-12-17(23)21-10-6-8-15(19)13-21/h5,7,9,11,15H,3-4,6,8,10,12-13,19H2,1-2H3,(H,20,24). The number of nitrogens with zero attached hydrogens (tertiary/aromatic N) is 2. The van der Waals surface area contributed by atoms with E-state index in [-0.39, 0.29) is 29.0 Å². The molecule has 2 rings (SSSR count). The third kappa shape index (κ3) is 5.27. The van der Waals surface area contributed by atoms with Crippen molar-refractivity contribution in [2.24, 2.45) is 5.73 Å². The molecular formula is C18H28N4O4S. The summed E-state index contributed by atoms with van der Waals surface area (Å²) in [5.41, 5.74) is 6.07. The van der Waals surface area contributed by atoms with Crippen molar-refractivity contribution in [3.63, 3.8) is 0 Å². The zero-order chi connectivity index (χ0) is 20.0. The molecule has 3 N–H and O–H groups in total. The second-order valence-corrected chi connectivity index (χ2v) is 8.48. The molecule has 9 heteroatoms. The molecule has 27 heavy (non-hydrogen) atoms. The van der Waals surface area contributed by atoms with E-state index in [0.717, 1.165) is 12.8 Å². The molecule has 150 valence electrons. The molecule has 2 amide bonds. The fourth-order valence-electron chi connectivity index (χ4n) is 3.12. The van der Waals surface area contributed by atoms with Gasteiger partial charge in [0.2, 0.25) is 15.9 Å². The van der Waals surface area contributed by atoms with E-state index in [4.69, 9.17) is 5.73 Å². The number of sulfonamides is 1. The Kier molecular flexibility index (Phi) is 7.34. The maximum absolute atomic E-state index is 12.6. The number of nitrogens with two attached hydrogens (primary N) is 1. The lowest BCUT2D eigenvalue weighted by molar-refractivity contribution is -0.131. The Morgan fingerprint density at radius 3 is 2.63 bits per heavy atom. The number of hydrogen-bond donors (Lipinski definition) is 2. The average Bonchev–Trinajstić information content (AvgIpc) is 2.66. The van der Waals surface area contributed by atoms with Crippen molar-refractivity contribution >= 4 is 21.8 Å². The van der Waals surface area contributed by atoms with Gasteiger partial charge in [-0.25, -0.2) is 8.42 Å². The van der Waals surface area contributed by atoms with Gasteiger partial charge in [-0.05, 0) is 31.0 Å². The quantitative estimate of drug-likeness (QED) is 0.693. The fourth-order valence-corrected chi connectivity index (χ4v) is 4.62. The minimum absolute atomic E-state index is 0.0274. The highest BCUT2D eigenvalue weighted by Crippen LogP contribution is 2.17. The molecule has 0 bridgehead atoms. The van der Waals surface area contributed by atoms with Gasteiger partial charge in [0.1, 0.15) is 0 Å². The molecule has 1 aliphatic heterocycles. The molecule has 1 heterocycles. The first-order valence-electron chi connectivity index (χ1n) is 9.21. The van der Waals surface area contributed by atoms with Crippen LogP contribution in [0.5, 0.6) is 0 Å². The fraction of sp³-hybridized carbons (Fsp3) is 0.556. The van der Waals surface area contributed by atoms with Gasteiger partial charge < -0.3 is 16.0 Å². The summed E-state index contributed by atoms with van der Waals surface area (Å²) < 4.78 is 26.5. The van der Waals surface area contributed by atoms with E-state index in [1.165, 1.54) is 28.6 Å². The Morgan fingerprint density at radius 2 is 2.00 bits per heavy atom. The molecule has 0 radical (unpaired) electrons. The number of carbonyl (C=O) groups excluding carboxylic acids is 2. The van der Waals surface area contributed by atoms with E-state index < -0.39 is 15.9 Å². The summed E-state index contributed by atoms with van der Waals surface area (Å²) in [5, 5.41) is 2.57. The normalized spacial score (nSPS) is 17.8. The molecule has 1 aromatic rings. The van der Waals surface area contributed by atoms with Gasteiger partial charge in [-0.3, -0.25) is 9.59 Å². The lowest BCUT2D eigenvalue weighted by Crippen LogP contribution is -2.48. The minimum Gasteiger partial charge on any atom is -0.343 e. The summed E-state index contributed by atoms with van der Waals surface area (Å²) in [6.07, 6.45) is 1.75. The minimum atomic E-state index is -3.65. The van der Waals surface area contributed by atoms with Crippen LogP contribution in [0.1, 0.15) is 37.0 Å². The van der Waals surface area contributed by atoms with Crippen LogP contribution in [0.25, 0.3) is 0 Å². The van der Waals surface area contributed by atoms with E-state index in [9.17, 15) is 18.0 Å². The van der Waals surface area contributed by atoms with Gasteiger partial charge in [0.05, 0.1) is 11.4 Å². The van der Waals surface area contributed by atoms with Gasteiger partial charge in [-0.1, -0.05) is 19.9 Å². The summed E-state index contributed by atoms with van der Waals surface area (Å²) in [5.74, 6) is -0.674. The van der Waals surface area contributed by atoms with E-state index in [1.807, 2.05) is 0 Å². The first kappa shape index (κ1) is 21.3. The first-order valence-corrected chi connectivity index (χ1v) is 10.6. The average molecular weight is 397 g/mol. The smallest absolute Gasteiger partial charge is 0.251 e. The topological polar surface area (TPSA) is 113 Å². The molecule has 1 unspecified atom stereocenters. The Bertz CT molecular complexity index is 777. The van der Waals surface area contributed by atoms with Crippen LogP contribution < -0.4 is 11.1 Å². The number of rotatable bonds is 7. The van der Waals surface area contributed by atoms with Crippen LogP contribution in [0.2, 0.25) is 0 Å². The molecule has 0 saturated carbocycles. The lowest BCUT2D eigenvalue weighted by atomic mass is 10.1. The van der Waals surface area contributed by atoms with Crippen molar-refractivity contribution < 1.29 is 18.0 Å². The second kappa shape index (κ2) is 9.29. The number of piperidine rings is 1. The second-order valence-electron chi connectivity index (χ2n) is 6.54. The zero-order valence-corrected chi connectivity index (χ0v) is 16.7. The van der Waals surface area contributed by atoms with E-state index in [0.29, 0.717) is 26.2 Å². The predicted octanol–water partition coefficient (Wildman–Crippen LogP) is 0.397. The van der Waals surface area contributed by atoms with E-state index in [2.05, 4.69) is 5.32 Å². The molecule has 0 aromatic heterocycles. The van der Waals surface area contributed by atoms with Gasteiger partial charge in [0.25, 0.3) is 5.91 Å². The van der Waals surface area contributed by atoms with Crippen LogP contribution in [-0.2, 0) is 14.8 Å². The summed E-state index contributed by atoms with van der Waals surface area (Å²) in [4.78, 5) is 26.3. The highest BCUT2D eigenvalue weighted by molar-refractivity contribution is 7.89. The van der Waals surface area contributed by atoms with E-state index >= 15 is 0 Å². The van der Waals surface area contributed by atoms with Crippen LogP contribution in [0.15, 0.2) is 29.2 Å². The van der Waals surface area contributed by atoms with Gasteiger partial charge in [0, 0.05) is 37.8 Å². The number of nitrogens with one attached hydrogen (secondary N) is 1. The molecule has 8 nitrogen and oxygen atoms in total. The number of benzene rings is 1. The van der Waals surface area contributed by atoms with Gasteiger partial charge in [-0.15, -0.1) is 0 Å². The van der Waals surface area contributed by atoms with Crippen LogP contribution >= 0.6 is 0 Å². The van der Waals surface area contributed by atoms with Crippen molar-refractivity contribution in [1.29, 1.82) is 0 Å². The van der Waals surface area contributed by atoms with Crippen molar-refractivity contribution in [3.8, 4) is 0 Å². The molecule has 1 fully saturated rings. The summed E-state index contributed by atoms with van der Waals surface area (Å²) in [6.45, 7) is 5.21. The molecule has 1 saturated heterocycles. The van der Waals surface area contributed by atoms with Crippen molar-refractivity contribution in [2.75, 3.05) is 32.7 Å². The Morgan fingerprint density at radius 1 is 1.30 bits per heavy atom. The van der Waals surface area contributed by atoms with Gasteiger partial charge >= 0.3 is 0 Å².